The molecule has 0 unspecified atom stereocenters. The van der Waals surface area contributed by atoms with Crippen molar-refractivity contribution in [2.45, 2.75) is 40.0 Å². The molecule has 5 heteroatoms. The van der Waals surface area contributed by atoms with Crippen molar-refractivity contribution in [2.75, 3.05) is 18.4 Å². The molecule has 1 aromatic heterocycles. The number of nitrogens with one attached hydrogen (secondary N) is 2. The van der Waals surface area contributed by atoms with Crippen LogP contribution in [0.2, 0.25) is 5.02 Å². The summed E-state index contributed by atoms with van der Waals surface area (Å²) >= 11 is 6.04. The fourth-order valence-electron chi connectivity index (χ4n) is 1.75. The summed E-state index contributed by atoms with van der Waals surface area (Å²) in [6.07, 6.45) is 3.06. The molecule has 0 aliphatic carbocycles. The van der Waals surface area contributed by atoms with Gasteiger partial charge < -0.3 is 10.6 Å². The third-order valence-electron chi connectivity index (χ3n) is 2.86. The van der Waals surface area contributed by atoms with Gasteiger partial charge in [0.05, 0.1) is 5.02 Å². The molecule has 0 aliphatic heterocycles. The first-order chi connectivity index (χ1) is 9.54. The van der Waals surface area contributed by atoms with Crippen molar-refractivity contribution < 1.29 is 4.79 Å². The predicted octanol–water partition coefficient (Wildman–Crippen LogP) is 3.72. The zero-order valence-electron chi connectivity index (χ0n) is 12.5. The number of carbonyl (C=O) groups excluding carboxylic acids is 1. The van der Waals surface area contributed by atoms with Crippen LogP contribution in [0.25, 0.3) is 0 Å². The number of anilines is 1. The molecular formula is C15H24ClN3O. The molecule has 0 fully saturated rings. The summed E-state index contributed by atoms with van der Waals surface area (Å²) in [5.74, 6) is 1.12. The van der Waals surface area contributed by atoms with Crippen molar-refractivity contribution >= 4 is 23.3 Å². The Morgan fingerprint density at radius 2 is 2.10 bits per heavy atom. The highest BCUT2D eigenvalue weighted by molar-refractivity contribution is 6.33. The second-order valence-electron chi connectivity index (χ2n) is 5.25. The summed E-state index contributed by atoms with van der Waals surface area (Å²) in [6, 6.07) is 3.49. The van der Waals surface area contributed by atoms with Crippen LogP contribution in [0.5, 0.6) is 0 Å². The van der Waals surface area contributed by atoms with Gasteiger partial charge in [-0.3, -0.25) is 4.79 Å². The maximum atomic E-state index is 12.1. The van der Waals surface area contributed by atoms with Gasteiger partial charge in [0, 0.05) is 13.1 Å². The molecule has 0 atom stereocenters. The average molecular weight is 298 g/mol. The van der Waals surface area contributed by atoms with E-state index in [9.17, 15) is 4.79 Å². The smallest absolute Gasteiger partial charge is 0.271 e. The van der Waals surface area contributed by atoms with E-state index in [-0.39, 0.29) is 11.6 Å². The lowest BCUT2D eigenvalue weighted by Gasteiger charge is -2.09. The standard InChI is InChI=1S/C15H24ClN3O/c1-4-9-17-13-8-7-12(16)14(19-13)15(20)18-10-5-6-11(2)3/h7-8,11H,4-6,9-10H2,1-3H3,(H,17,19)(H,18,20). The summed E-state index contributed by atoms with van der Waals surface area (Å²) in [5, 5.41) is 6.40. The molecule has 4 nitrogen and oxygen atoms in total. The zero-order valence-corrected chi connectivity index (χ0v) is 13.3. The van der Waals surface area contributed by atoms with Gasteiger partial charge in [0.1, 0.15) is 11.5 Å². The molecule has 1 heterocycles. The molecule has 0 saturated heterocycles. The van der Waals surface area contributed by atoms with Crippen molar-refractivity contribution in [3.63, 3.8) is 0 Å². The molecule has 0 saturated carbocycles. The number of halogens is 1. The van der Waals surface area contributed by atoms with Crippen LogP contribution >= 0.6 is 11.6 Å². The average Bonchev–Trinajstić information content (AvgIpc) is 2.42. The SMILES string of the molecule is CCCNc1ccc(Cl)c(C(=O)NCCCC(C)C)n1. The minimum Gasteiger partial charge on any atom is -0.370 e. The molecule has 0 radical (unpaired) electrons. The number of pyridine rings is 1. The topological polar surface area (TPSA) is 54.0 Å². The van der Waals surface area contributed by atoms with Gasteiger partial charge in [0.2, 0.25) is 0 Å². The summed E-state index contributed by atoms with van der Waals surface area (Å²) in [7, 11) is 0. The van der Waals surface area contributed by atoms with E-state index in [1.165, 1.54) is 0 Å². The van der Waals surface area contributed by atoms with Gasteiger partial charge in [0.25, 0.3) is 5.91 Å². The van der Waals surface area contributed by atoms with Crippen molar-refractivity contribution in [3.05, 3.63) is 22.8 Å². The van der Waals surface area contributed by atoms with Crippen LogP contribution in [0.4, 0.5) is 5.82 Å². The van der Waals surface area contributed by atoms with E-state index in [1.807, 2.05) is 0 Å². The van der Waals surface area contributed by atoms with Crippen LogP contribution in [0, 0.1) is 5.92 Å². The van der Waals surface area contributed by atoms with E-state index in [0.717, 1.165) is 25.8 Å². The van der Waals surface area contributed by atoms with Crippen molar-refractivity contribution in [1.29, 1.82) is 0 Å². The molecule has 1 aromatic rings. The normalized spacial score (nSPS) is 10.7. The van der Waals surface area contributed by atoms with Crippen LogP contribution in [0.15, 0.2) is 12.1 Å². The number of hydrogen-bond acceptors (Lipinski definition) is 3. The first kappa shape index (κ1) is 16.8. The van der Waals surface area contributed by atoms with E-state index < -0.39 is 0 Å². The number of amides is 1. The maximum Gasteiger partial charge on any atom is 0.271 e. The molecule has 0 bridgehead atoms. The largest absolute Gasteiger partial charge is 0.370 e. The Balaban J connectivity index is 2.57. The molecule has 20 heavy (non-hydrogen) atoms. The van der Waals surface area contributed by atoms with E-state index >= 15 is 0 Å². The van der Waals surface area contributed by atoms with Gasteiger partial charge in [-0.25, -0.2) is 4.98 Å². The molecular weight excluding hydrogens is 274 g/mol. The summed E-state index contributed by atoms with van der Waals surface area (Å²) in [5.41, 5.74) is 0.289. The quantitative estimate of drug-likeness (QED) is 0.719. The second-order valence-corrected chi connectivity index (χ2v) is 5.65. The zero-order chi connectivity index (χ0) is 15.0. The van der Waals surface area contributed by atoms with Gasteiger partial charge in [0.15, 0.2) is 0 Å². The third kappa shape index (κ3) is 5.78. The van der Waals surface area contributed by atoms with E-state index in [4.69, 9.17) is 11.6 Å². The lowest BCUT2D eigenvalue weighted by molar-refractivity contribution is 0.0948. The second kappa shape index (κ2) is 8.80. The molecule has 0 spiro atoms. The molecule has 2 N–H and O–H groups in total. The first-order valence-corrected chi connectivity index (χ1v) is 7.61. The van der Waals surface area contributed by atoms with Gasteiger partial charge >= 0.3 is 0 Å². The number of hydrogen-bond donors (Lipinski definition) is 2. The predicted molar refractivity (Wildman–Crippen MR) is 84.4 cm³/mol. The number of rotatable bonds is 8. The first-order valence-electron chi connectivity index (χ1n) is 7.23. The maximum absolute atomic E-state index is 12.1. The highest BCUT2D eigenvalue weighted by atomic mass is 35.5. The third-order valence-corrected chi connectivity index (χ3v) is 3.17. The van der Waals surface area contributed by atoms with Crippen molar-refractivity contribution in [3.8, 4) is 0 Å². The van der Waals surface area contributed by atoms with E-state index in [1.54, 1.807) is 12.1 Å². The Hall–Kier alpha value is -1.29. The van der Waals surface area contributed by atoms with Crippen LogP contribution in [0.1, 0.15) is 50.5 Å². The minimum absolute atomic E-state index is 0.209. The Morgan fingerprint density at radius 3 is 2.75 bits per heavy atom. The van der Waals surface area contributed by atoms with E-state index in [2.05, 4.69) is 36.4 Å². The van der Waals surface area contributed by atoms with Gasteiger partial charge in [-0.05, 0) is 37.3 Å². The van der Waals surface area contributed by atoms with E-state index in [0.29, 0.717) is 23.3 Å². The van der Waals surface area contributed by atoms with Gasteiger partial charge in [-0.1, -0.05) is 32.4 Å². The Morgan fingerprint density at radius 1 is 1.35 bits per heavy atom. The fraction of sp³-hybridized carbons (Fsp3) is 0.600. The Bertz CT molecular complexity index is 435. The molecule has 112 valence electrons. The van der Waals surface area contributed by atoms with Crippen molar-refractivity contribution in [2.24, 2.45) is 5.92 Å². The lowest BCUT2D eigenvalue weighted by Crippen LogP contribution is -2.26. The Kier molecular flexibility index (Phi) is 7.37. The van der Waals surface area contributed by atoms with Crippen LogP contribution in [-0.2, 0) is 0 Å². The summed E-state index contributed by atoms with van der Waals surface area (Å²) < 4.78 is 0. The molecule has 1 amide bonds. The minimum atomic E-state index is -0.209. The highest BCUT2D eigenvalue weighted by Crippen LogP contribution is 2.16. The van der Waals surface area contributed by atoms with Crippen molar-refractivity contribution in [1.82, 2.24) is 10.3 Å². The number of aromatic nitrogens is 1. The monoisotopic (exact) mass is 297 g/mol. The number of nitrogens with zero attached hydrogens (tertiary/aromatic N) is 1. The fourth-order valence-corrected chi connectivity index (χ4v) is 1.94. The number of carbonyl (C=O) groups is 1. The highest BCUT2D eigenvalue weighted by Gasteiger charge is 2.12. The van der Waals surface area contributed by atoms with Crippen LogP contribution in [0.3, 0.4) is 0 Å². The molecule has 0 aromatic carbocycles. The van der Waals surface area contributed by atoms with Crippen LogP contribution in [-0.4, -0.2) is 24.0 Å². The van der Waals surface area contributed by atoms with Gasteiger partial charge in [-0.15, -0.1) is 0 Å². The van der Waals surface area contributed by atoms with Gasteiger partial charge in [-0.2, -0.15) is 0 Å². The Labute approximate surface area is 126 Å². The lowest BCUT2D eigenvalue weighted by atomic mass is 10.1. The molecule has 1 rings (SSSR count). The summed E-state index contributed by atoms with van der Waals surface area (Å²) in [6.45, 7) is 7.89. The summed E-state index contributed by atoms with van der Waals surface area (Å²) in [4.78, 5) is 16.3. The molecule has 0 aliphatic rings. The van der Waals surface area contributed by atoms with Crippen LogP contribution < -0.4 is 10.6 Å².